The number of hydrogen-bond donors (Lipinski definition) is 0. The Morgan fingerprint density at radius 1 is 0.706 bits per heavy atom. The van der Waals surface area contributed by atoms with E-state index in [1.165, 1.54) is 64.2 Å². The summed E-state index contributed by atoms with van der Waals surface area (Å²) >= 11 is 0. The summed E-state index contributed by atoms with van der Waals surface area (Å²) in [6.45, 7) is 5.30. The lowest BCUT2D eigenvalue weighted by Crippen LogP contribution is -1.88. The molecule has 0 fully saturated rings. The first kappa shape index (κ1) is 16.5. The van der Waals surface area contributed by atoms with E-state index in [0.29, 0.717) is 0 Å². The summed E-state index contributed by atoms with van der Waals surface area (Å²) in [5, 5.41) is 0. The highest BCUT2D eigenvalue weighted by Gasteiger charge is 1.92. The van der Waals surface area contributed by atoms with Crippen molar-refractivity contribution in [2.45, 2.75) is 84.5 Å². The van der Waals surface area contributed by atoms with Crippen molar-refractivity contribution < 1.29 is 4.74 Å². The van der Waals surface area contributed by atoms with Gasteiger partial charge in [0.15, 0.2) is 0 Å². The molecule has 1 nitrogen and oxygen atoms in total. The third-order valence-electron chi connectivity index (χ3n) is 3.04. The molecule has 0 aliphatic rings. The fourth-order valence-corrected chi connectivity index (χ4v) is 1.91. The summed E-state index contributed by atoms with van der Waals surface area (Å²) in [7, 11) is 0. The van der Waals surface area contributed by atoms with Crippen molar-refractivity contribution in [2.24, 2.45) is 0 Å². The summed E-state index contributed by atoms with van der Waals surface area (Å²) < 4.78 is 5.37. The molecule has 0 atom stereocenters. The van der Waals surface area contributed by atoms with Crippen LogP contribution in [0.15, 0.2) is 12.3 Å². The molecule has 0 aliphatic carbocycles. The Labute approximate surface area is 109 Å². The second-order valence-electron chi connectivity index (χ2n) is 4.83. The quantitative estimate of drug-likeness (QED) is 0.290. The van der Waals surface area contributed by atoms with Crippen LogP contribution >= 0.6 is 0 Å². The van der Waals surface area contributed by atoms with Gasteiger partial charge in [-0.05, 0) is 12.8 Å². The molecule has 0 heterocycles. The fraction of sp³-hybridized carbons (Fsp3) is 0.875. The molecule has 1 heteroatoms. The maximum atomic E-state index is 5.37. The highest BCUT2D eigenvalue weighted by molar-refractivity contribution is 4.70. The van der Waals surface area contributed by atoms with Crippen LogP contribution in [0.4, 0.5) is 0 Å². The van der Waals surface area contributed by atoms with Crippen LogP contribution in [0.3, 0.4) is 0 Å². The monoisotopic (exact) mass is 240 g/mol. The van der Waals surface area contributed by atoms with E-state index >= 15 is 0 Å². The van der Waals surface area contributed by atoms with Crippen LogP contribution in [-0.4, -0.2) is 6.61 Å². The van der Waals surface area contributed by atoms with Crippen molar-refractivity contribution in [3.63, 3.8) is 0 Å². The second-order valence-corrected chi connectivity index (χ2v) is 4.83. The Kier molecular flexibility index (Phi) is 15.1. The summed E-state index contributed by atoms with van der Waals surface area (Å²) in [5.41, 5.74) is 0. The summed E-state index contributed by atoms with van der Waals surface area (Å²) in [5.74, 6) is 0. The van der Waals surface area contributed by atoms with Gasteiger partial charge in [-0.15, -0.1) is 0 Å². The number of unbranched alkanes of at least 4 members (excludes halogenated alkanes) is 9. The van der Waals surface area contributed by atoms with Gasteiger partial charge in [0.25, 0.3) is 0 Å². The molecule has 0 saturated carbocycles. The number of allylic oxidation sites excluding steroid dienone is 1. The minimum absolute atomic E-state index is 0.896. The first-order chi connectivity index (χ1) is 8.41. The van der Waals surface area contributed by atoms with Crippen molar-refractivity contribution in [1.29, 1.82) is 0 Å². The van der Waals surface area contributed by atoms with Crippen LogP contribution in [0.2, 0.25) is 0 Å². The summed E-state index contributed by atoms with van der Waals surface area (Å²) in [4.78, 5) is 0. The minimum Gasteiger partial charge on any atom is -0.502 e. The van der Waals surface area contributed by atoms with Crippen molar-refractivity contribution in [2.75, 3.05) is 6.61 Å². The average molecular weight is 240 g/mol. The van der Waals surface area contributed by atoms with E-state index in [4.69, 9.17) is 4.74 Å². The Balaban J connectivity index is 2.91. The van der Waals surface area contributed by atoms with Gasteiger partial charge >= 0.3 is 0 Å². The molecular formula is C16H32O. The molecule has 0 amide bonds. The SMILES string of the molecule is CCC=COCCCCCCCCCCCC. The van der Waals surface area contributed by atoms with Gasteiger partial charge in [-0.3, -0.25) is 0 Å². The smallest absolute Gasteiger partial charge is 0.0873 e. The fourth-order valence-electron chi connectivity index (χ4n) is 1.91. The molecule has 0 bridgehead atoms. The lowest BCUT2D eigenvalue weighted by atomic mass is 10.1. The lowest BCUT2D eigenvalue weighted by Gasteiger charge is -2.02. The van der Waals surface area contributed by atoms with Crippen molar-refractivity contribution in [3.8, 4) is 0 Å². The van der Waals surface area contributed by atoms with E-state index in [2.05, 4.69) is 19.9 Å². The number of hydrogen-bond acceptors (Lipinski definition) is 1. The summed E-state index contributed by atoms with van der Waals surface area (Å²) in [6, 6.07) is 0. The van der Waals surface area contributed by atoms with Gasteiger partial charge in [0, 0.05) is 0 Å². The topological polar surface area (TPSA) is 9.23 Å². The van der Waals surface area contributed by atoms with E-state index in [0.717, 1.165) is 13.0 Å². The molecule has 0 N–H and O–H groups in total. The van der Waals surface area contributed by atoms with Gasteiger partial charge in [0.2, 0.25) is 0 Å². The third-order valence-corrected chi connectivity index (χ3v) is 3.04. The number of ether oxygens (including phenoxy) is 1. The van der Waals surface area contributed by atoms with Crippen LogP contribution in [0.25, 0.3) is 0 Å². The van der Waals surface area contributed by atoms with E-state index in [1.54, 1.807) is 0 Å². The Morgan fingerprint density at radius 2 is 1.24 bits per heavy atom. The van der Waals surface area contributed by atoms with Crippen LogP contribution in [0.1, 0.15) is 84.5 Å². The van der Waals surface area contributed by atoms with Gasteiger partial charge in [-0.1, -0.05) is 77.7 Å². The Hall–Kier alpha value is -0.460. The molecule has 0 saturated heterocycles. The van der Waals surface area contributed by atoms with Crippen molar-refractivity contribution in [1.82, 2.24) is 0 Å². The van der Waals surface area contributed by atoms with E-state index in [-0.39, 0.29) is 0 Å². The highest BCUT2D eigenvalue weighted by Crippen LogP contribution is 2.10. The molecule has 0 spiro atoms. The Morgan fingerprint density at radius 3 is 1.76 bits per heavy atom. The van der Waals surface area contributed by atoms with E-state index < -0.39 is 0 Å². The standard InChI is InChI=1S/C16H32O/c1-3-5-7-8-9-10-11-12-13-14-16-17-15-6-4-2/h6,15H,3-5,7-14,16H2,1-2H3. The molecule has 0 aromatic heterocycles. The first-order valence-corrected chi connectivity index (χ1v) is 7.68. The number of rotatable bonds is 13. The normalized spacial score (nSPS) is 11.2. The van der Waals surface area contributed by atoms with Gasteiger partial charge in [-0.25, -0.2) is 0 Å². The predicted molar refractivity (Wildman–Crippen MR) is 77.2 cm³/mol. The van der Waals surface area contributed by atoms with Crippen LogP contribution in [-0.2, 0) is 4.74 Å². The minimum atomic E-state index is 0.896. The van der Waals surface area contributed by atoms with E-state index in [9.17, 15) is 0 Å². The molecule has 17 heavy (non-hydrogen) atoms. The summed E-state index contributed by atoms with van der Waals surface area (Å²) in [6.07, 6.45) is 18.8. The zero-order chi connectivity index (χ0) is 12.6. The average Bonchev–Trinajstić information content (AvgIpc) is 2.35. The van der Waals surface area contributed by atoms with Crippen molar-refractivity contribution >= 4 is 0 Å². The maximum Gasteiger partial charge on any atom is 0.0873 e. The molecule has 0 aromatic carbocycles. The predicted octanol–water partition coefficient (Wildman–Crippen LogP) is 5.85. The zero-order valence-corrected chi connectivity index (χ0v) is 12.0. The molecule has 0 aliphatic heterocycles. The molecule has 102 valence electrons. The lowest BCUT2D eigenvalue weighted by molar-refractivity contribution is 0.239. The van der Waals surface area contributed by atoms with E-state index in [1.807, 2.05) is 6.26 Å². The Bertz CT molecular complexity index is 152. The van der Waals surface area contributed by atoms with Crippen LogP contribution in [0.5, 0.6) is 0 Å². The van der Waals surface area contributed by atoms with Crippen molar-refractivity contribution in [3.05, 3.63) is 12.3 Å². The molecule has 0 unspecified atom stereocenters. The molecule has 0 aromatic rings. The van der Waals surface area contributed by atoms with Gasteiger partial charge in [0.05, 0.1) is 12.9 Å². The van der Waals surface area contributed by atoms with Gasteiger partial charge in [-0.2, -0.15) is 0 Å². The zero-order valence-electron chi connectivity index (χ0n) is 12.0. The van der Waals surface area contributed by atoms with Gasteiger partial charge in [0.1, 0.15) is 0 Å². The third kappa shape index (κ3) is 15.5. The van der Waals surface area contributed by atoms with Crippen LogP contribution < -0.4 is 0 Å². The second kappa shape index (κ2) is 15.5. The molecule has 0 radical (unpaired) electrons. The largest absolute Gasteiger partial charge is 0.502 e. The molecular weight excluding hydrogens is 208 g/mol. The molecule has 0 rings (SSSR count). The van der Waals surface area contributed by atoms with Crippen LogP contribution in [0, 0.1) is 0 Å². The van der Waals surface area contributed by atoms with Gasteiger partial charge < -0.3 is 4.74 Å². The maximum absolute atomic E-state index is 5.37. The first-order valence-electron chi connectivity index (χ1n) is 7.68. The highest BCUT2D eigenvalue weighted by atomic mass is 16.5.